The Kier molecular flexibility index (Phi) is 3.61. The van der Waals surface area contributed by atoms with Crippen molar-refractivity contribution in [2.45, 2.75) is 6.61 Å². The summed E-state index contributed by atoms with van der Waals surface area (Å²) in [5, 5.41) is 11.3. The molecule has 4 nitrogen and oxygen atoms in total. The van der Waals surface area contributed by atoms with Crippen LogP contribution in [0.3, 0.4) is 0 Å². The van der Waals surface area contributed by atoms with Crippen molar-refractivity contribution >= 4 is 28.9 Å². The number of nitrogens with zero attached hydrogens (tertiary/aromatic N) is 1. The van der Waals surface area contributed by atoms with Gasteiger partial charge in [-0.15, -0.1) is 11.3 Å². The number of aromatic carboxylic acids is 1. The number of carbonyl (C=O) groups is 1. The third-order valence-corrected chi connectivity index (χ3v) is 3.09. The van der Waals surface area contributed by atoms with Crippen molar-refractivity contribution in [3.8, 4) is 5.75 Å². The van der Waals surface area contributed by atoms with Gasteiger partial charge in [0, 0.05) is 5.38 Å². The zero-order chi connectivity index (χ0) is 12.3. The maximum Gasteiger partial charge on any atom is 0.355 e. The molecule has 0 fully saturated rings. The zero-order valence-electron chi connectivity index (χ0n) is 8.59. The van der Waals surface area contributed by atoms with E-state index in [4.69, 9.17) is 21.4 Å². The van der Waals surface area contributed by atoms with Gasteiger partial charge in [0.1, 0.15) is 17.4 Å². The average molecular weight is 270 g/mol. The summed E-state index contributed by atoms with van der Waals surface area (Å²) in [7, 11) is 0. The Morgan fingerprint density at radius 1 is 1.47 bits per heavy atom. The molecule has 1 N–H and O–H groups in total. The van der Waals surface area contributed by atoms with Gasteiger partial charge in [-0.3, -0.25) is 0 Å². The second kappa shape index (κ2) is 5.16. The molecule has 2 aromatic rings. The Bertz CT molecular complexity index is 541. The summed E-state index contributed by atoms with van der Waals surface area (Å²) in [6.45, 7) is 0.210. The van der Waals surface area contributed by atoms with Gasteiger partial charge < -0.3 is 9.84 Å². The molecular formula is C11H8ClNO3S. The second-order valence-corrected chi connectivity index (χ2v) is 4.50. The molecule has 0 aliphatic carbocycles. The highest BCUT2D eigenvalue weighted by atomic mass is 35.5. The predicted octanol–water partition coefficient (Wildman–Crippen LogP) is 3.07. The first-order valence-corrected chi connectivity index (χ1v) is 5.97. The lowest BCUT2D eigenvalue weighted by Gasteiger charge is -2.04. The number of carboxylic acid groups (broad SMARTS) is 1. The van der Waals surface area contributed by atoms with Gasteiger partial charge in [0.25, 0.3) is 0 Å². The minimum absolute atomic E-state index is 0.0350. The zero-order valence-corrected chi connectivity index (χ0v) is 10.2. The number of hydrogen-bond acceptors (Lipinski definition) is 4. The predicted molar refractivity (Wildman–Crippen MR) is 64.9 cm³/mol. The molecule has 0 bridgehead atoms. The second-order valence-electron chi connectivity index (χ2n) is 3.15. The highest BCUT2D eigenvalue weighted by molar-refractivity contribution is 7.09. The maximum absolute atomic E-state index is 10.6. The first kappa shape index (κ1) is 11.9. The Balaban J connectivity index is 2.02. The summed E-state index contributed by atoms with van der Waals surface area (Å²) >= 11 is 7.15. The van der Waals surface area contributed by atoms with Crippen molar-refractivity contribution in [3.63, 3.8) is 0 Å². The molecule has 17 heavy (non-hydrogen) atoms. The van der Waals surface area contributed by atoms with Crippen molar-refractivity contribution in [2.75, 3.05) is 0 Å². The van der Waals surface area contributed by atoms with E-state index in [-0.39, 0.29) is 12.3 Å². The minimum Gasteiger partial charge on any atom is -0.485 e. The molecule has 2 rings (SSSR count). The van der Waals surface area contributed by atoms with Crippen LogP contribution >= 0.6 is 22.9 Å². The van der Waals surface area contributed by atoms with E-state index in [1.807, 2.05) is 6.07 Å². The lowest BCUT2D eigenvalue weighted by atomic mass is 10.3. The Labute approximate surface area is 106 Å². The standard InChI is InChI=1S/C11H8ClNO3S/c12-7-3-1-2-4-9(7)16-5-10-13-8(6-17-10)11(14)15/h1-4,6H,5H2,(H,14,15). The fraction of sp³-hybridized carbons (Fsp3) is 0.0909. The summed E-state index contributed by atoms with van der Waals surface area (Å²) in [5.74, 6) is -0.480. The van der Waals surface area contributed by atoms with E-state index in [1.54, 1.807) is 18.2 Å². The summed E-state index contributed by atoms with van der Waals surface area (Å²) in [4.78, 5) is 14.5. The molecule has 0 spiro atoms. The number of hydrogen-bond donors (Lipinski definition) is 1. The number of para-hydroxylation sites is 1. The molecule has 0 unspecified atom stereocenters. The Hall–Kier alpha value is -1.59. The van der Waals surface area contributed by atoms with Crippen molar-refractivity contribution in [2.24, 2.45) is 0 Å². The van der Waals surface area contributed by atoms with Crippen LogP contribution in [0.5, 0.6) is 5.75 Å². The van der Waals surface area contributed by atoms with Crippen LogP contribution in [0.2, 0.25) is 5.02 Å². The van der Waals surface area contributed by atoms with Gasteiger partial charge >= 0.3 is 5.97 Å². The smallest absolute Gasteiger partial charge is 0.355 e. The molecule has 88 valence electrons. The van der Waals surface area contributed by atoms with E-state index in [0.29, 0.717) is 15.8 Å². The fourth-order valence-corrected chi connectivity index (χ4v) is 2.05. The highest BCUT2D eigenvalue weighted by Gasteiger charge is 2.09. The van der Waals surface area contributed by atoms with Crippen molar-refractivity contribution < 1.29 is 14.6 Å². The van der Waals surface area contributed by atoms with Crippen LogP contribution in [0.25, 0.3) is 0 Å². The van der Waals surface area contributed by atoms with Gasteiger partial charge in [-0.2, -0.15) is 0 Å². The molecule has 1 aromatic heterocycles. The molecule has 0 atom stereocenters. The molecule has 1 heterocycles. The van der Waals surface area contributed by atoms with Crippen LogP contribution in [0.15, 0.2) is 29.6 Å². The number of benzene rings is 1. The van der Waals surface area contributed by atoms with Crippen LogP contribution in [-0.4, -0.2) is 16.1 Å². The van der Waals surface area contributed by atoms with Crippen LogP contribution < -0.4 is 4.74 Å². The van der Waals surface area contributed by atoms with Crippen LogP contribution in [0.1, 0.15) is 15.5 Å². The summed E-state index contributed by atoms with van der Waals surface area (Å²) in [5.41, 5.74) is 0.0350. The Morgan fingerprint density at radius 3 is 2.88 bits per heavy atom. The number of ether oxygens (including phenoxy) is 1. The molecule has 0 saturated heterocycles. The van der Waals surface area contributed by atoms with Gasteiger partial charge in [0.15, 0.2) is 5.69 Å². The average Bonchev–Trinajstić information content (AvgIpc) is 2.77. The Morgan fingerprint density at radius 2 is 2.24 bits per heavy atom. The third-order valence-electron chi connectivity index (χ3n) is 1.96. The lowest BCUT2D eigenvalue weighted by molar-refractivity contribution is 0.0691. The number of thiazole rings is 1. The first-order chi connectivity index (χ1) is 8.16. The van der Waals surface area contributed by atoms with E-state index in [0.717, 1.165) is 0 Å². The van der Waals surface area contributed by atoms with E-state index < -0.39 is 5.97 Å². The van der Waals surface area contributed by atoms with Crippen LogP contribution in [0.4, 0.5) is 0 Å². The molecule has 0 aliphatic rings. The van der Waals surface area contributed by atoms with Gasteiger partial charge in [-0.25, -0.2) is 9.78 Å². The largest absolute Gasteiger partial charge is 0.485 e. The quantitative estimate of drug-likeness (QED) is 0.927. The van der Waals surface area contributed by atoms with Gasteiger partial charge in [0.2, 0.25) is 0 Å². The molecular weight excluding hydrogens is 262 g/mol. The van der Waals surface area contributed by atoms with E-state index in [9.17, 15) is 4.79 Å². The number of halogens is 1. The molecule has 0 amide bonds. The SMILES string of the molecule is O=C(O)c1csc(COc2ccccc2Cl)n1. The minimum atomic E-state index is -1.04. The van der Waals surface area contributed by atoms with Gasteiger partial charge in [-0.1, -0.05) is 23.7 Å². The van der Waals surface area contributed by atoms with Crippen molar-refractivity contribution in [1.29, 1.82) is 0 Å². The monoisotopic (exact) mass is 269 g/mol. The van der Waals surface area contributed by atoms with Crippen LogP contribution in [0, 0.1) is 0 Å². The van der Waals surface area contributed by atoms with E-state index in [1.165, 1.54) is 16.7 Å². The number of rotatable bonds is 4. The highest BCUT2D eigenvalue weighted by Crippen LogP contribution is 2.24. The van der Waals surface area contributed by atoms with E-state index >= 15 is 0 Å². The van der Waals surface area contributed by atoms with Crippen molar-refractivity contribution in [1.82, 2.24) is 4.98 Å². The molecule has 0 radical (unpaired) electrons. The molecule has 6 heteroatoms. The lowest BCUT2D eigenvalue weighted by Crippen LogP contribution is -1.99. The number of aromatic nitrogens is 1. The summed E-state index contributed by atoms with van der Waals surface area (Å²) in [6.07, 6.45) is 0. The fourth-order valence-electron chi connectivity index (χ4n) is 1.18. The summed E-state index contributed by atoms with van der Waals surface area (Å²) < 4.78 is 5.44. The summed E-state index contributed by atoms with van der Waals surface area (Å²) in [6, 6.07) is 7.09. The number of carboxylic acids is 1. The molecule has 0 saturated carbocycles. The van der Waals surface area contributed by atoms with E-state index in [2.05, 4.69) is 4.98 Å². The maximum atomic E-state index is 10.6. The van der Waals surface area contributed by atoms with Crippen molar-refractivity contribution in [3.05, 3.63) is 45.4 Å². The molecule has 0 aliphatic heterocycles. The first-order valence-electron chi connectivity index (χ1n) is 4.72. The third kappa shape index (κ3) is 2.95. The topological polar surface area (TPSA) is 59.4 Å². The van der Waals surface area contributed by atoms with Crippen LogP contribution in [-0.2, 0) is 6.61 Å². The van der Waals surface area contributed by atoms with Gasteiger partial charge in [-0.05, 0) is 12.1 Å². The molecule has 1 aromatic carbocycles. The normalized spacial score (nSPS) is 10.2. The van der Waals surface area contributed by atoms with Gasteiger partial charge in [0.05, 0.1) is 5.02 Å².